The van der Waals surface area contributed by atoms with Gasteiger partial charge < -0.3 is 15.2 Å². The number of hydrogen-bond donors (Lipinski definition) is 1. The van der Waals surface area contributed by atoms with Crippen molar-refractivity contribution in [1.29, 1.82) is 5.26 Å². The maximum atomic E-state index is 9.02. The van der Waals surface area contributed by atoms with E-state index in [0.717, 1.165) is 37.0 Å². The van der Waals surface area contributed by atoms with Crippen LogP contribution in [0.4, 0.5) is 5.95 Å². The SMILES string of the molecule is CN1CCC(n2c(N)nc3ccc(C#N)cc32)CC1. The van der Waals surface area contributed by atoms with Gasteiger partial charge in [-0.2, -0.15) is 5.26 Å². The maximum absolute atomic E-state index is 9.02. The highest BCUT2D eigenvalue weighted by atomic mass is 15.2. The van der Waals surface area contributed by atoms with Crippen molar-refractivity contribution >= 4 is 17.0 Å². The van der Waals surface area contributed by atoms with Crippen molar-refractivity contribution in [2.75, 3.05) is 25.9 Å². The number of hydrogen-bond acceptors (Lipinski definition) is 4. The number of benzene rings is 1. The first-order chi connectivity index (χ1) is 9.19. The van der Waals surface area contributed by atoms with Crippen LogP contribution in [0.25, 0.3) is 11.0 Å². The Labute approximate surface area is 112 Å². The van der Waals surface area contributed by atoms with Gasteiger partial charge in [-0.05, 0) is 51.2 Å². The van der Waals surface area contributed by atoms with Crippen LogP contribution in [-0.2, 0) is 0 Å². The lowest BCUT2D eigenvalue weighted by Crippen LogP contribution is -2.31. The Balaban J connectivity index is 2.07. The summed E-state index contributed by atoms with van der Waals surface area (Å²) in [6.07, 6.45) is 2.14. The summed E-state index contributed by atoms with van der Waals surface area (Å²) in [5, 5.41) is 9.02. The number of nitrogen functional groups attached to an aromatic ring is 1. The molecule has 2 heterocycles. The monoisotopic (exact) mass is 255 g/mol. The highest BCUT2D eigenvalue weighted by molar-refractivity contribution is 5.80. The molecule has 5 nitrogen and oxygen atoms in total. The van der Waals surface area contributed by atoms with Crippen molar-refractivity contribution in [3.05, 3.63) is 23.8 Å². The zero-order valence-corrected chi connectivity index (χ0v) is 11.0. The van der Waals surface area contributed by atoms with Crippen LogP contribution in [0.1, 0.15) is 24.4 Å². The summed E-state index contributed by atoms with van der Waals surface area (Å²) in [7, 11) is 2.14. The molecule has 1 aromatic carbocycles. The third-order valence-corrected chi connectivity index (χ3v) is 3.90. The van der Waals surface area contributed by atoms with Crippen molar-refractivity contribution in [2.24, 2.45) is 0 Å². The maximum Gasteiger partial charge on any atom is 0.201 e. The van der Waals surface area contributed by atoms with E-state index in [1.807, 2.05) is 12.1 Å². The molecule has 0 atom stereocenters. The number of nitrogens with zero attached hydrogens (tertiary/aromatic N) is 4. The molecule has 1 fully saturated rings. The average Bonchev–Trinajstić information content (AvgIpc) is 2.75. The van der Waals surface area contributed by atoms with E-state index in [4.69, 9.17) is 11.0 Å². The molecule has 5 heteroatoms. The Morgan fingerprint density at radius 2 is 2.11 bits per heavy atom. The number of likely N-dealkylation sites (tertiary alicyclic amines) is 1. The van der Waals surface area contributed by atoms with Crippen molar-refractivity contribution in [2.45, 2.75) is 18.9 Å². The molecule has 0 bridgehead atoms. The number of nitriles is 1. The minimum Gasteiger partial charge on any atom is -0.369 e. The molecule has 2 aromatic rings. The second kappa shape index (κ2) is 4.56. The van der Waals surface area contributed by atoms with Crippen LogP contribution >= 0.6 is 0 Å². The molecular formula is C14H17N5. The van der Waals surface area contributed by atoms with Gasteiger partial charge in [-0.3, -0.25) is 0 Å². The largest absolute Gasteiger partial charge is 0.369 e. The van der Waals surface area contributed by atoms with E-state index in [1.54, 1.807) is 6.07 Å². The van der Waals surface area contributed by atoms with E-state index in [9.17, 15) is 0 Å². The van der Waals surface area contributed by atoms with Crippen LogP contribution in [0.15, 0.2) is 18.2 Å². The van der Waals surface area contributed by atoms with Crippen molar-refractivity contribution in [3.63, 3.8) is 0 Å². The van der Waals surface area contributed by atoms with E-state index < -0.39 is 0 Å². The van der Waals surface area contributed by atoms with Crippen LogP contribution in [0, 0.1) is 11.3 Å². The number of anilines is 1. The topological polar surface area (TPSA) is 70.9 Å². The first kappa shape index (κ1) is 12.0. The molecule has 1 aliphatic rings. The van der Waals surface area contributed by atoms with E-state index in [2.05, 4.69) is 27.6 Å². The summed E-state index contributed by atoms with van der Waals surface area (Å²) in [4.78, 5) is 6.73. The molecule has 2 N–H and O–H groups in total. The fourth-order valence-electron chi connectivity index (χ4n) is 2.82. The molecule has 19 heavy (non-hydrogen) atoms. The lowest BCUT2D eigenvalue weighted by Gasteiger charge is -2.30. The van der Waals surface area contributed by atoms with E-state index >= 15 is 0 Å². The Morgan fingerprint density at radius 1 is 1.37 bits per heavy atom. The first-order valence-electron chi connectivity index (χ1n) is 6.55. The number of piperidine rings is 1. The summed E-state index contributed by atoms with van der Waals surface area (Å²) < 4.78 is 2.10. The summed E-state index contributed by atoms with van der Waals surface area (Å²) in [6.45, 7) is 2.14. The van der Waals surface area contributed by atoms with Gasteiger partial charge in [-0.15, -0.1) is 0 Å². The molecule has 0 unspecified atom stereocenters. The smallest absolute Gasteiger partial charge is 0.201 e. The summed E-state index contributed by atoms with van der Waals surface area (Å²) in [5.41, 5.74) is 8.57. The van der Waals surface area contributed by atoms with Gasteiger partial charge in [0.05, 0.1) is 22.7 Å². The molecule has 3 rings (SSSR count). The first-order valence-corrected chi connectivity index (χ1v) is 6.55. The fraction of sp³-hybridized carbons (Fsp3) is 0.429. The summed E-state index contributed by atoms with van der Waals surface area (Å²) in [6, 6.07) is 8.10. The van der Waals surface area contributed by atoms with Gasteiger partial charge in [0.15, 0.2) is 0 Å². The predicted octanol–water partition coefficient (Wildman–Crippen LogP) is 1.76. The predicted molar refractivity (Wildman–Crippen MR) is 74.6 cm³/mol. The Kier molecular flexibility index (Phi) is 2.88. The van der Waals surface area contributed by atoms with Gasteiger partial charge in [0, 0.05) is 6.04 Å². The minimum atomic E-state index is 0.384. The third-order valence-electron chi connectivity index (χ3n) is 3.90. The lowest BCUT2D eigenvalue weighted by atomic mass is 10.0. The second-order valence-corrected chi connectivity index (χ2v) is 5.19. The molecule has 0 aliphatic carbocycles. The van der Waals surface area contributed by atoms with E-state index in [-0.39, 0.29) is 0 Å². The van der Waals surface area contributed by atoms with Gasteiger partial charge in [0.25, 0.3) is 0 Å². The van der Waals surface area contributed by atoms with Crippen LogP contribution in [0.3, 0.4) is 0 Å². The molecule has 1 aromatic heterocycles. The molecule has 1 aliphatic heterocycles. The number of nitrogens with two attached hydrogens (primary N) is 1. The van der Waals surface area contributed by atoms with Crippen molar-refractivity contribution in [1.82, 2.24) is 14.5 Å². The highest BCUT2D eigenvalue weighted by Gasteiger charge is 2.22. The molecule has 0 amide bonds. The number of aromatic nitrogens is 2. The Hall–Kier alpha value is -2.06. The molecule has 0 saturated carbocycles. The molecule has 1 saturated heterocycles. The quantitative estimate of drug-likeness (QED) is 0.842. The molecule has 0 radical (unpaired) electrons. The zero-order valence-electron chi connectivity index (χ0n) is 11.0. The lowest BCUT2D eigenvalue weighted by molar-refractivity contribution is 0.225. The van der Waals surface area contributed by atoms with Gasteiger partial charge in [-0.25, -0.2) is 4.98 Å². The fourth-order valence-corrected chi connectivity index (χ4v) is 2.82. The van der Waals surface area contributed by atoms with Crippen LogP contribution in [0.2, 0.25) is 0 Å². The van der Waals surface area contributed by atoms with Crippen LogP contribution in [-0.4, -0.2) is 34.6 Å². The van der Waals surface area contributed by atoms with Gasteiger partial charge >= 0.3 is 0 Å². The van der Waals surface area contributed by atoms with Crippen molar-refractivity contribution < 1.29 is 0 Å². The number of rotatable bonds is 1. The third kappa shape index (κ3) is 2.04. The highest BCUT2D eigenvalue weighted by Crippen LogP contribution is 2.29. The zero-order chi connectivity index (χ0) is 13.4. The Bertz CT molecular complexity index is 644. The van der Waals surface area contributed by atoms with Gasteiger partial charge in [0.1, 0.15) is 0 Å². The Morgan fingerprint density at radius 3 is 2.79 bits per heavy atom. The van der Waals surface area contributed by atoms with Crippen LogP contribution in [0.5, 0.6) is 0 Å². The normalized spacial score (nSPS) is 17.7. The second-order valence-electron chi connectivity index (χ2n) is 5.19. The summed E-state index contributed by atoms with van der Waals surface area (Å²) in [5.74, 6) is 0.555. The van der Waals surface area contributed by atoms with E-state index in [1.165, 1.54) is 0 Å². The number of imidazole rings is 1. The van der Waals surface area contributed by atoms with Gasteiger partial charge in [0.2, 0.25) is 5.95 Å². The standard InChI is InChI=1S/C14H17N5/c1-18-6-4-11(5-7-18)19-13-8-10(9-15)2-3-12(13)17-14(19)16/h2-3,8,11H,4-7H2,1H3,(H2,16,17). The summed E-state index contributed by atoms with van der Waals surface area (Å²) >= 11 is 0. The number of fused-ring (bicyclic) bond motifs is 1. The van der Waals surface area contributed by atoms with E-state index in [0.29, 0.717) is 17.6 Å². The van der Waals surface area contributed by atoms with Crippen LogP contribution < -0.4 is 5.73 Å². The molecule has 0 spiro atoms. The minimum absolute atomic E-state index is 0.384. The average molecular weight is 255 g/mol. The van der Waals surface area contributed by atoms with Crippen molar-refractivity contribution in [3.8, 4) is 6.07 Å². The molecular weight excluding hydrogens is 238 g/mol. The molecule has 98 valence electrons. The van der Waals surface area contributed by atoms with Gasteiger partial charge in [-0.1, -0.05) is 0 Å².